The van der Waals surface area contributed by atoms with Gasteiger partial charge in [-0.1, -0.05) is 6.92 Å². The highest BCUT2D eigenvalue weighted by Crippen LogP contribution is 2.33. The van der Waals surface area contributed by atoms with Gasteiger partial charge in [-0.25, -0.2) is 0 Å². The minimum absolute atomic E-state index is 0.0115. The minimum atomic E-state index is -0.721. The van der Waals surface area contributed by atoms with Crippen molar-refractivity contribution < 1.29 is 14.6 Å². The van der Waals surface area contributed by atoms with Gasteiger partial charge >= 0.3 is 5.97 Å². The first-order valence-electron chi connectivity index (χ1n) is 3.60. The molecule has 3 nitrogen and oxygen atoms in total. The predicted molar refractivity (Wildman–Crippen MR) is 35.8 cm³/mol. The van der Waals surface area contributed by atoms with Crippen LogP contribution in [0.2, 0.25) is 0 Å². The molecule has 0 radical (unpaired) electrons. The number of carboxylic acid groups (broad SMARTS) is 1. The van der Waals surface area contributed by atoms with Crippen LogP contribution in [0.4, 0.5) is 0 Å². The number of rotatable bonds is 4. The van der Waals surface area contributed by atoms with Crippen LogP contribution in [-0.2, 0) is 9.53 Å². The Morgan fingerprint density at radius 1 is 1.80 bits per heavy atom. The summed E-state index contributed by atoms with van der Waals surface area (Å²) in [5.74, 6) is -0.937. The van der Waals surface area contributed by atoms with Crippen molar-refractivity contribution >= 4 is 5.97 Å². The Morgan fingerprint density at radius 2 is 2.50 bits per heavy atom. The summed E-state index contributed by atoms with van der Waals surface area (Å²) in [5, 5.41) is 8.44. The van der Waals surface area contributed by atoms with E-state index < -0.39 is 5.97 Å². The normalized spacial score (nSPS) is 30.1. The average Bonchev–Trinajstić information content (AvgIpc) is 2.62. The third-order valence-corrected chi connectivity index (χ3v) is 1.59. The van der Waals surface area contributed by atoms with Crippen molar-refractivity contribution in [1.82, 2.24) is 0 Å². The third-order valence-electron chi connectivity index (χ3n) is 1.59. The number of hydrogen-bond donors (Lipinski definition) is 1. The predicted octanol–water partition coefficient (Wildman–Crippen LogP) is 0.886. The van der Waals surface area contributed by atoms with E-state index in [9.17, 15) is 4.79 Å². The van der Waals surface area contributed by atoms with Crippen molar-refractivity contribution in [2.24, 2.45) is 5.92 Å². The van der Waals surface area contributed by atoms with Gasteiger partial charge in [0.2, 0.25) is 0 Å². The minimum Gasteiger partial charge on any atom is -0.481 e. The molecule has 3 heteroatoms. The Kier molecular flexibility index (Phi) is 2.27. The standard InChI is InChI=1S/C7H12O3/c1-2-3-10-6-4-5(6)7(8)9/h5-6H,2-4H2,1H3,(H,8,9). The van der Waals surface area contributed by atoms with Crippen LogP contribution in [0.15, 0.2) is 0 Å². The van der Waals surface area contributed by atoms with Crippen LogP contribution in [0.3, 0.4) is 0 Å². The van der Waals surface area contributed by atoms with E-state index in [0.29, 0.717) is 13.0 Å². The van der Waals surface area contributed by atoms with E-state index in [1.54, 1.807) is 0 Å². The van der Waals surface area contributed by atoms with Crippen LogP contribution >= 0.6 is 0 Å². The summed E-state index contributed by atoms with van der Waals surface area (Å²) in [6.07, 6.45) is 1.68. The highest BCUT2D eigenvalue weighted by atomic mass is 16.5. The number of carboxylic acids is 1. The fourth-order valence-electron chi connectivity index (χ4n) is 0.885. The fraction of sp³-hybridized carbons (Fsp3) is 0.857. The molecule has 1 fully saturated rings. The van der Waals surface area contributed by atoms with Gasteiger partial charge in [-0.2, -0.15) is 0 Å². The molecule has 0 aliphatic heterocycles. The number of hydrogen-bond acceptors (Lipinski definition) is 2. The summed E-state index contributed by atoms with van der Waals surface area (Å²) in [7, 11) is 0. The lowest BCUT2D eigenvalue weighted by Crippen LogP contribution is -2.05. The van der Waals surface area contributed by atoms with Crippen LogP contribution in [0, 0.1) is 5.92 Å². The summed E-state index contributed by atoms with van der Waals surface area (Å²) in [6, 6.07) is 0. The summed E-state index contributed by atoms with van der Waals surface area (Å²) in [6.45, 7) is 2.70. The van der Waals surface area contributed by atoms with Gasteiger partial charge in [0.15, 0.2) is 0 Å². The molecular weight excluding hydrogens is 132 g/mol. The fourth-order valence-corrected chi connectivity index (χ4v) is 0.885. The van der Waals surface area contributed by atoms with Crippen molar-refractivity contribution in [3.8, 4) is 0 Å². The quantitative estimate of drug-likeness (QED) is 0.637. The van der Waals surface area contributed by atoms with Gasteiger partial charge in [-0.15, -0.1) is 0 Å². The second kappa shape index (κ2) is 3.01. The molecule has 58 valence electrons. The Bertz CT molecular complexity index is 133. The van der Waals surface area contributed by atoms with Crippen LogP contribution in [0.5, 0.6) is 0 Å². The first kappa shape index (κ1) is 7.54. The van der Waals surface area contributed by atoms with Crippen LogP contribution in [0.25, 0.3) is 0 Å². The molecule has 1 N–H and O–H groups in total. The van der Waals surface area contributed by atoms with E-state index >= 15 is 0 Å². The zero-order chi connectivity index (χ0) is 7.56. The van der Waals surface area contributed by atoms with Crippen LogP contribution in [-0.4, -0.2) is 23.8 Å². The summed E-state index contributed by atoms with van der Waals surface area (Å²) in [5.41, 5.74) is 0. The molecule has 0 heterocycles. The molecule has 0 amide bonds. The number of aliphatic carboxylic acids is 1. The molecular formula is C7H12O3. The number of carbonyl (C=O) groups is 1. The molecule has 0 aromatic carbocycles. The maximum absolute atomic E-state index is 10.3. The largest absolute Gasteiger partial charge is 0.481 e. The maximum atomic E-state index is 10.3. The zero-order valence-electron chi connectivity index (χ0n) is 6.04. The van der Waals surface area contributed by atoms with Gasteiger partial charge in [0, 0.05) is 6.61 Å². The van der Waals surface area contributed by atoms with E-state index in [0.717, 1.165) is 6.42 Å². The summed E-state index contributed by atoms with van der Waals surface area (Å²) >= 11 is 0. The smallest absolute Gasteiger partial charge is 0.309 e. The molecule has 0 bridgehead atoms. The highest BCUT2D eigenvalue weighted by molar-refractivity contribution is 5.74. The van der Waals surface area contributed by atoms with Crippen molar-refractivity contribution in [1.29, 1.82) is 0 Å². The van der Waals surface area contributed by atoms with Gasteiger partial charge < -0.3 is 9.84 Å². The lowest BCUT2D eigenvalue weighted by molar-refractivity contribution is -0.139. The van der Waals surface area contributed by atoms with Crippen molar-refractivity contribution in [2.75, 3.05) is 6.61 Å². The van der Waals surface area contributed by atoms with Gasteiger partial charge in [0.25, 0.3) is 0 Å². The molecule has 1 saturated carbocycles. The molecule has 1 rings (SSSR count). The number of ether oxygens (including phenoxy) is 1. The van der Waals surface area contributed by atoms with E-state index in [-0.39, 0.29) is 12.0 Å². The molecule has 0 aromatic rings. The summed E-state index contributed by atoms with van der Waals surface area (Å²) < 4.78 is 5.20. The van der Waals surface area contributed by atoms with Gasteiger partial charge in [-0.05, 0) is 12.8 Å². The molecule has 1 aliphatic rings. The van der Waals surface area contributed by atoms with E-state index in [4.69, 9.17) is 9.84 Å². The summed E-state index contributed by atoms with van der Waals surface area (Å²) in [4.78, 5) is 10.3. The molecule has 10 heavy (non-hydrogen) atoms. The Hall–Kier alpha value is -0.570. The Morgan fingerprint density at radius 3 is 2.90 bits per heavy atom. The van der Waals surface area contributed by atoms with Crippen LogP contribution < -0.4 is 0 Å². The SMILES string of the molecule is CCCOC1CC1C(=O)O. The van der Waals surface area contributed by atoms with Gasteiger partial charge in [0.05, 0.1) is 12.0 Å². The van der Waals surface area contributed by atoms with Crippen molar-refractivity contribution in [3.63, 3.8) is 0 Å². The lowest BCUT2D eigenvalue weighted by atomic mass is 10.4. The van der Waals surface area contributed by atoms with E-state index in [1.807, 2.05) is 6.92 Å². The zero-order valence-corrected chi connectivity index (χ0v) is 6.04. The second-order valence-corrected chi connectivity index (χ2v) is 2.59. The Labute approximate surface area is 60.0 Å². The molecule has 1 aliphatic carbocycles. The first-order chi connectivity index (χ1) is 4.75. The monoisotopic (exact) mass is 144 g/mol. The molecule has 0 spiro atoms. The Balaban J connectivity index is 2.08. The molecule has 2 unspecified atom stereocenters. The van der Waals surface area contributed by atoms with E-state index in [1.165, 1.54) is 0 Å². The second-order valence-electron chi connectivity index (χ2n) is 2.59. The van der Waals surface area contributed by atoms with Crippen molar-refractivity contribution in [2.45, 2.75) is 25.9 Å². The lowest BCUT2D eigenvalue weighted by Gasteiger charge is -1.96. The average molecular weight is 144 g/mol. The maximum Gasteiger partial charge on any atom is 0.309 e. The highest BCUT2D eigenvalue weighted by Gasteiger charge is 2.44. The topological polar surface area (TPSA) is 46.5 Å². The molecule has 0 saturated heterocycles. The third kappa shape index (κ3) is 1.70. The van der Waals surface area contributed by atoms with Crippen LogP contribution in [0.1, 0.15) is 19.8 Å². The van der Waals surface area contributed by atoms with Gasteiger partial charge in [-0.3, -0.25) is 4.79 Å². The molecule has 2 atom stereocenters. The first-order valence-corrected chi connectivity index (χ1v) is 3.60. The van der Waals surface area contributed by atoms with Gasteiger partial charge in [0.1, 0.15) is 0 Å². The molecule has 0 aromatic heterocycles. The van der Waals surface area contributed by atoms with E-state index in [2.05, 4.69) is 0 Å². The van der Waals surface area contributed by atoms with Crippen molar-refractivity contribution in [3.05, 3.63) is 0 Å².